The summed E-state index contributed by atoms with van der Waals surface area (Å²) in [6.07, 6.45) is 1.23. The predicted octanol–water partition coefficient (Wildman–Crippen LogP) is 1.17. The van der Waals surface area contributed by atoms with E-state index >= 15 is 0 Å². The summed E-state index contributed by atoms with van der Waals surface area (Å²) in [5.74, 6) is -0.377. The average molecular weight is 228 g/mol. The summed E-state index contributed by atoms with van der Waals surface area (Å²) in [5, 5.41) is 2.58. The molecule has 1 fully saturated rings. The molecule has 0 aromatic carbocycles. The van der Waals surface area contributed by atoms with E-state index in [1.807, 2.05) is 0 Å². The maximum absolute atomic E-state index is 11.6. The van der Waals surface area contributed by atoms with Crippen LogP contribution in [0.4, 0.5) is 4.79 Å². The van der Waals surface area contributed by atoms with Gasteiger partial charge >= 0.3 is 6.09 Å². The van der Waals surface area contributed by atoms with E-state index in [-0.39, 0.29) is 5.92 Å². The second kappa shape index (κ2) is 3.96. The molecule has 0 heterocycles. The van der Waals surface area contributed by atoms with Crippen molar-refractivity contribution < 1.29 is 14.3 Å². The van der Waals surface area contributed by atoms with Crippen molar-refractivity contribution in [2.45, 2.75) is 51.7 Å². The SMILES string of the molecule is CC(C)(C)OC(=O)NC(C)(C(N)=O)C1CC1. The summed E-state index contributed by atoms with van der Waals surface area (Å²) in [5.41, 5.74) is 3.75. The fraction of sp³-hybridized carbons (Fsp3) is 0.818. The normalized spacial score (nSPS) is 19.8. The van der Waals surface area contributed by atoms with Crippen LogP contribution in [0.5, 0.6) is 0 Å². The Hall–Kier alpha value is -1.26. The largest absolute Gasteiger partial charge is 0.444 e. The van der Waals surface area contributed by atoms with Gasteiger partial charge in [-0.3, -0.25) is 4.79 Å². The number of ether oxygens (including phenoxy) is 1. The molecule has 0 spiro atoms. The van der Waals surface area contributed by atoms with Crippen molar-refractivity contribution in [2.24, 2.45) is 11.7 Å². The molecule has 2 amide bonds. The van der Waals surface area contributed by atoms with Crippen LogP contribution in [0.2, 0.25) is 0 Å². The number of amides is 2. The van der Waals surface area contributed by atoms with Crippen LogP contribution in [0.15, 0.2) is 0 Å². The first-order chi connectivity index (χ1) is 7.15. The van der Waals surface area contributed by atoms with Gasteiger partial charge < -0.3 is 15.8 Å². The number of carbonyl (C=O) groups excluding carboxylic acids is 2. The van der Waals surface area contributed by atoms with Crippen molar-refractivity contribution in [1.29, 1.82) is 0 Å². The maximum Gasteiger partial charge on any atom is 0.408 e. The highest BCUT2D eigenvalue weighted by Gasteiger charge is 2.47. The first-order valence-corrected chi connectivity index (χ1v) is 5.46. The Kier molecular flexibility index (Phi) is 3.17. The van der Waals surface area contributed by atoms with Gasteiger partial charge in [-0.05, 0) is 46.5 Å². The lowest BCUT2D eigenvalue weighted by atomic mass is 9.95. The average Bonchev–Trinajstić information content (AvgIpc) is 2.80. The first kappa shape index (κ1) is 12.8. The van der Waals surface area contributed by atoms with E-state index < -0.39 is 23.1 Å². The molecule has 1 aliphatic rings. The third-order valence-electron chi connectivity index (χ3n) is 2.67. The molecule has 1 saturated carbocycles. The van der Waals surface area contributed by atoms with Crippen LogP contribution in [-0.4, -0.2) is 23.1 Å². The zero-order valence-corrected chi connectivity index (χ0v) is 10.3. The second-order valence-corrected chi connectivity index (χ2v) is 5.47. The van der Waals surface area contributed by atoms with Gasteiger partial charge in [0.2, 0.25) is 5.91 Å². The molecule has 92 valence electrons. The molecule has 0 bridgehead atoms. The van der Waals surface area contributed by atoms with Crippen molar-refractivity contribution >= 4 is 12.0 Å². The Morgan fingerprint density at radius 3 is 2.06 bits per heavy atom. The zero-order chi connectivity index (χ0) is 12.6. The van der Waals surface area contributed by atoms with E-state index in [0.717, 1.165) is 12.8 Å². The molecule has 0 saturated heterocycles. The van der Waals surface area contributed by atoms with E-state index in [9.17, 15) is 9.59 Å². The minimum Gasteiger partial charge on any atom is -0.444 e. The molecule has 0 radical (unpaired) electrons. The molecule has 0 aliphatic heterocycles. The lowest BCUT2D eigenvalue weighted by molar-refractivity contribution is -0.124. The zero-order valence-electron chi connectivity index (χ0n) is 10.3. The van der Waals surface area contributed by atoms with Gasteiger partial charge in [0, 0.05) is 0 Å². The highest BCUT2D eigenvalue weighted by molar-refractivity contribution is 5.89. The Morgan fingerprint density at radius 1 is 1.25 bits per heavy atom. The van der Waals surface area contributed by atoms with Crippen LogP contribution in [-0.2, 0) is 9.53 Å². The van der Waals surface area contributed by atoms with Crippen LogP contribution < -0.4 is 11.1 Å². The van der Waals surface area contributed by atoms with Crippen LogP contribution in [0.3, 0.4) is 0 Å². The number of primary amides is 1. The van der Waals surface area contributed by atoms with Gasteiger partial charge in [0.05, 0.1) is 0 Å². The molecule has 1 atom stereocenters. The van der Waals surface area contributed by atoms with E-state index in [2.05, 4.69) is 5.32 Å². The third kappa shape index (κ3) is 3.12. The second-order valence-electron chi connectivity index (χ2n) is 5.47. The number of rotatable bonds is 3. The fourth-order valence-corrected chi connectivity index (χ4v) is 1.54. The molecule has 5 heteroatoms. The van der Waals surface area contributed by atoms with E-state index in [1.165, 1.54) is 0 Å². The summed E-state index contributed by atoms with van der Waals surface area (Å²) >= 11 is 0. The standard InChI is InChI=1S/C11H20N2O3/c1-10(2,3)16-9(15)13-11(4,8(12)14)7-5-6-7/h7H,5-6H2,1-4H3,(H2,12,14)(H,13,15). The van der Waals surface area contributed by atoms with Crippen LogP contribution >= 0.6 is 0 Å². The fourth-order valence-electron chi connectivity index (χ4n) is 1.54. The predicted molar refractivity (Wildman–Crippen MR) is 59.7 cm³/mol. The molecule has 16 heavy (non-hydrogen) atoms. The van der Waals surface area contributed by atoms with Crippen LogP contribution in [0, 0.1) is 5.92 Å². The van der Waals surface area contributed by atoms with Crippen LogP contribution in [0.1, 0.15) is 40.5 Å². The molecule has 3 N–H and O–H groups in total. The summed E-state index contributed by atoms with van der Waals surface area (Å²) in [7, 11) is 0. The van der Waals surface area contributed by atoms with Gasteiger partial charge in [0.1, 0.15) is 11.1 Å². The molecular formula is C11H20N2O3. The molecule has 0 aromatic heterocycles. The van der Waals surface area contributed by atoms with Gasteiger partial charge in [-0.1, -0.05) is 0 Å². The van der Waals surface area contributed by atoms with Gasteiger partial charge in [-0.15, -0.1) is 0 Å². The molecule has 0 aromatic rings. The number of alkyl carbamates (subject to hydrolysis) is 1. The summed E-state index contributed by atoms with van der Waals surface area (Å²) < 4.78 is 5.10. The highest BCUT2D eigenvalue weighted by atomic mass is 16.6. The van der Waals surface area contributed by atoms with Gasteiger partial charge in [0.25, 0.3) is 0 Å². The lowest BCUT2D eigenvalue weighted by Crippen LogP contribution is -2.57. The maximum atomic E-state index is 11.6. The van der Waals surface area contributed by atoms with Crippen molar-refractivity contribution in [3.63, 3.8) is 0 Å². The summed E-state index contributed by atoms with van der Waals surface area (Å²) in [4.78, 5) is 22.9. The van der Waals surface area contributed by atoms with Crippen molar-refractivity contribution in [1.82, 2.24) is 5.32 Å². The highest BCUT2D eigenvalue weighted by Crippen LogP contribution is 2.39. The molecule has 1 aliphatic carbocycles. The van der Waals surface area contributed by atoms with Crippen molar-refractivity contribution in [3.05, 3.63) is 0 Å². The monoisotopic (exact) mass is 228 g/mol. The first-order valence-electron chi connectivity index (χ1n) is 5.46. The Labute approximate surface area is 95.7 Å². The van der Waals surface area contributed by atoms with E-state index in [4.69, 9.17) is 10.5 Å². The minimum absolute atomic E-state index is 0.137. The number of hydrogen-bond acceptors (Lipinski definition) is 3. The molecule has 1 unspecified atom stereocenters. The minimum atomic E-state index is -0.984. The summed E-state index contributed by atoms with van der Waals surface area (Å²) in [6.45, 7) is 6.96. The Morgan fingerprint density at radius 2 is 1.75 bits per heavy atom. The van der Waals surface area contributed by atoms with E-state index in [0.29, 0.717) is 0 Å². The molecular weight excluding hydrogens is 208 g/mol. The number of nitrogens with one attached hydrogen (secondary N) is 1. The molecule has 5 nitrogen and oxygen atoms in total. The lowest BCUT2D eigenvalue weighted by Gasteiger charge is -2.29. The Bertz CT molecular complexity index is 305. The van der Waals surface area contributed by atoms with Gasteiger partial charge in [0.15, 0.2) is 0 Å². The quantitative estimate of drug-likeness (QED) is 0.760. The smallest absolute Gasteiger partial charge is 0.408 e. The van der Waals surface area contributed by atoms with Crippen molar-refractivity contribution in [2.75, 3.05) is 0 Å². The number of hydrogen-bond donors (Lipinski definition) is 2. The van der Waals surface area contributed by atoms with Gasteiger partial charge in [-0.25, -0.2) is 4.79 Å². The van der Waals surface area contributed by atoms with Crippen molar-refractivity contribution in [3.8, 4) is 0 Å². The van der Waals surface area contributed by atoms with Crippen LogP contribution in [0.25, 0.3) is 0 Å². The Balaban J connectivity index is 2.63. The van der Waals surface area contributed by atoms with Gasteiger partial charge in [-0.2, -0.15) is 0 Å². The number of carbonyl (C=O) groups is 2. The number of nitrogens with two attached hydrogens (primary N) is 1. The summed E-state index contributed by atoms with van der Waals surface area (Å²) in [6, 6.07) is 0. The topological polar surface area (TPSA) is 81.4 Å². The van der Waals surface area contributed by atoms with E-state index in [1.54, 1.807) is 27.7 Å². The molecule has 1 rings (SSSR count). The third-order valence-corrected chi connectivity index (χ3v) is 2.67.